The molecule has 0 aromatic heterocycles. The molecule has 0 heterocycles. The Kier molecular flexibility index (Phi) is 5.09. The first-order valence-electron chi connectivity index (χ1n) is 5.85. The van der Waals surface area contributed by atoms with Crippen molar-refractivity contribution in [1.82, 2.24) is 5.32 Å². The van der Waals surface area contributed by atoms with E-state index < -0.39 is 0 Å². The van der Waals surface area contributed by atoms with Crippen LogP contribution < -0.4 is 16.0 Å². The van der Waals surface area contributed by atoms with Gasteiger partial charge in [0.25, 0.3) is 0 Å². The van der Waals surface area contributed by atoms with Gasteiger partial charge in [-0.2, -0.15) is 0 Å². The number of hydrogen-bond acceptors (Lipinski definition) is 3. The average molecular weight is 265 g/mol. The maximum Gasteiger partial charge on any atom is 0.239 e. The van der Waals surface area contributed by atoms with Crippen molar-refractivity contribution in [2.45, 2.75) is 13.8 Å². The summed E-state index contributed by atoms with van der Waals surface area (Å²) < 4.78 is 0. The van der Waals surface area contributed by atoms with Gasteiger partial charge in [0.2, 0.25) is 5.91 Å². The minimum atomic E-state index is -0.0350. The fourth-order valence-corrected chi connectivity index (χ4v) is 1.90. The molecule has 4 nitrogen and oxygen atoms in total. The van der Waals surface area contributed by atoms with Crippen LogP contribution in [0.2, 0.25) is 0 Å². The lowest BCUT2D eigenvalue weighted by molar-refractivity contribution is -0.119. The minimum absolute atomic E-state index is 0.0350. The molecule has 0 radical (unpaired) electrons. The molecule has 0 aliphatic rings. The van der Waals surface area contributed by atoms with Crippen molar-refractivity contribution in [3.05, 3.63) is 29.3 Å². The van der Waals surface area contributed by atoms with E-state index in [1.165, 1.54) is 0 Å². The topological polar surface area (TPSA) is 58.4 Å². The third-order valence-electron chi connectivity index (χ3n) is 2.75. The van der Waals surface area contributed by atoms with Gasteiger partial charge in [0, 0.05) is 24.8 Å². The molecule has 1 aromatic rings. The highest BCUT2D eigenvalue weighted by Crippen LogP contribution is 2.22. The smallest absolute Gasteiger partial charge is 0.239 e. The Morgan fingerprint density at radius 2 is 2.17 bits per heavy atom. The van der Waals surface area contributed by atoms with Crippen molar-refractivity contribution < 1.29 is 4.79 Å². The number of rotatable bonds is 5. The third kappa shape index (κ3) is 3.43. The average Bonchev–Trinajstić information content (AvgIpc) is 2.35. The summed E-state index contributed by atoms with van der Waals surface area (Å²) >= 11 is 5.05. The third-order valence-corrected chi connectivity index (χ3v) is 2.97. The number of aryl methyl sites for hydroxylation is 1. The van der Waals surface area contributed by atoms with E-state index in [9.17, 15) is 4.79 Å². The second-order valence-corrected chi connectivity index (χ2v) is 4.51. The second kappa shape index (κ2) is 6.35. The molecule has 0 atom stereocenters. The van der Waals surface area contributed by atoms with Crippen molar-refractivity contribution >= 4 is 28.8 Å². The van der Waals surface area contributed by atoms with Gasteiger partial charge in [-0.15, -0.1) is 0 Å². The van der Waals surface area contributed by atoms with Crippen LogP contribution in [0.25, 0.3) is 0 Å². The standard InChI is InChI=1S/C13H19N3OS/c1-4-16(8-12(17)15-3)11-7-9(2)5-6-10(11)13(14)18/h5-7H,4,8H2,1-3H3,(H2,14,18)(H,15,17). The van der Waals surface area contributed by atoms with Crippen LogP contribution in [-0.2, 0) is 4.79 Å². The van der Waals surface area contributed by atoms with Gasteiger partial charge >= 0.3 is 0 Å². The number of carbonyl (C=O) groups is 1. The van der Waals surface area contributed by atoms with E-state index in [0.717, 1.165) is 16.8 Å². The molecule has 0 bridgehead atoms. The molecule has 5 heteroatoms. The largest absolute Gasteiger partial charge is 0.389 e. The second-order valence-electron chi connectivity index (χ2n) is 4.07. The normalized spacial score (nSPS) is 9.94. The monoisotopic (exact) mass is 265 g/mol. The number of thiocarbonyl (C=S) groups is 1. The predicted molar refractivity (Wildman–Crippen MR) is 79.0 cm³/mol. The Balaban J connectivity index is 3.14. The van der Waals surface area contributed by atoms with E-state index in [0.29, 0.717) is 18.1 Å². The van der Waals surface area contributed by atoms with E-state index in [-0.39, 0.29) is 5.91 Å². The van der Waals surface area contributed by atoms with Gasteiger partial charge in [-0.05, 0) is 31.5 Å². The summed E-state index contributed by atoms with van der Waals surface area (Å²) in [5.41, 5.74) is 8.55. The molecular formula is C13H19N3OS. The van der Waals surface area contributed by atoms with Gasteiger partial charge in [0.15, 0.2) is 0 Å². The van der Waals surface area contributed by atoms with Gasteiger partial charge in [0.05, 0.1) is 6.54 Å². The number of nitrogens with one attached hydrogen (secondary N) is 1. The number of hydrogen-bond donors (Lipinski definition) is 2. The highest BCUT2D eigenvalue weighted by atomic mass is 32.1. The molecule has 0 unspecified atom stereocenters. The van der Waals surface area contributed by atoms with Gasteiger partial charge in [-0.1, -0.05) is 18.3 Å². The van der Waals surface area contributed by atoms with Crippen molar-refractivity contribution in [2.24, 2.45) is 5.73 Å². The molecular weight excluding hydrogens is 246 g/mol. The summed E-state index contributed by atoms with van der Waals surface area (Å²) in [6.07, 6.45) is 0. The zero-order valence-electron chi connectivity index (χ0n) is 11.0. The zero-order chi connectivity index (χ0) is 13.7. The number of anilines is 1. The van der Waals surface area contributed by atoms with E-state index in [4.69, 9.17) is 18.0 Å². The van der Waals surface area contributed by atoms with Crippen molar-refractivity contribution in [3.8, 4) is 0 Å². The van der Waals surface area contributed by atoms with Crippen molar-refractivity contribution in [2.75, 3.05) is 25.0 Å². The number of likely N-dealkylation sites (N-methyl/N-ethyl adjacent to an activating group) is 2. The first-order chi connectivity index (χ1) is 8.49. The van der Waals surface area contributed by atoms with Crippen LogP contribution in [-0.4, -0.2) is 31.0 Å². The molecule has 0 fully saturated rings. The van der Waals surface area contributed by atoms with Crippen LogP contribution in [0.5, 0.6) is 0 Å². The predicted octanol–water partition coefficient (Wildman–Crippen LogP) is 1.20. The summed E-state index contributed by atoms with van der Waals surface area (Å²) in [5, 5.41) is 2.62. The van der Waals surface area contributed by atoms with E-state index in [1.54, 1.807) is 7.05 Å². The maximum absolute atomic E-state index is 11.5. The first kappa shape index (κ1) is 14.4. The molecule has 0 spiro atoms. The number of benzene rings is 1. The Bertz CT molecular complexity index is 460. The molecule has 0 aliphatic heterocycles. The SMILES string of the molecule is CCN(CC(=O)NC)c1cc(C)ccc1C(N)=S. The molecule has 3 N–H and O–H groups in total. The highest BCUT2D eigenvalue weighted by Gasteiger charge is 2.14. The Hall–Kier alpha value is -1.62. The molecule has 18 heavy (non-hydrogen) atoms. The minimum Gasteiger partial charge on any atom is -0.389 e. The summed E-state index contributed by atoms with van der Waals surface area (Å²) in [7, 11) is 1.63. The first-order valence-corrected chi connectivity index (χ1v) is 6.26. The van der Waals surface area contributed by atoms with Crippen LogP contribution in [0.15, 0.2) is 18.2 Å². The maximum atomic E-state index is 11.5. The Morgan fingerprint density at radius 3 is 2.67 bits per heavy atom. The number of carbonyl (C=O) groups excluding carboxylic acids is 1. The van der Waals surface area contributed by atoms with E-state index in [1.807, 2.05) is 36.9 Å². The van der Waals surface area contributed by atoms with Gasteiger partial charge in [-0.3, -0.25) is 4.79 Å². The van der Waals surface area contributed by atoms with Gasteiger partial charge in [-0.25, -0.2) is 0 Å². The summed E-state index contributed by atoms with van der Waals surface area (Å²) in [5.74, 6) is -0.0350. The van der Waals surface area contributed by atoms with Crippen molar-refractivity contribution in [1.29, 1.82) is 0 Å². The van der Waals surface area contributed by atoms with Crippen LogP contribution >= 0.6 is 12.2 Å². The number of amides is 1. The van der Waals surface area contributed by atoms with Crippen LogP contribution in [0, 0.1) is 6.92 Å². The summed E-state index contributed by atoms with van der Waals surface area (Å²) in [6, 6.07) is 5.87. The van der Waals surface area contributed by atoms with Crippen LogP contribution in [0.3, 0.4) is 0 Å². The Morgan fingerprint density at radius 1 is 1.50 bits per heavy atom. The van der Waals surface area contributed by atoms with E-state index in [2.05, 4.69) is 5.32 Å². The molecule has 0 saturated carbocycles. The summed E-state index contributed by atoms with van der Waals surface area (Å²) in [6.45, 7) is 5.01. The molecule has 98 valence electrons. The van der Waals surface area contributed by atoms with Crippen LogP contribution in [0.1, 0.15) is 18.1 Å². The fourth-order valence-electron chi connectivity index (χ4n) is 1.73. The van der Waals surface area contributed by atoms with Crippen molar-refractivity contribution in [3.63, 3.8) is 0 Å². The lowest BCUT2D eigenvalue weighted by Crippen LogP contribution is -2.36. The molecule has 1 rings (SSSR count). The highest BCUT2D eigenvalue weighted by molar-refractivity contribution is 7.80. The van der Waals surface area contributed by atoms with Crippen LogP contribution in [0.4, 0.5) is 5.69 Å². The van der Waals surface area contributed by atoms with Gasteiger partial charge < -0.3 is 16.0 Å². The number of nitrogens with two attached hydrogens (primary N) is 1. The van der Waals surface area contributed by atoms with E-state index >= 15 is 0 Å². The summed E-state index contributed by atoms with van der Waals surface area (Å²) in [4.78, 5) is 13.8. The lowest BCUT2D eigenvalue weighted by atomic mass is 10.1. The van der Waals surface area contributed by atoms with Gasteiger partial charge in [0.1, 0.15) is 4.99 Å². The molecule has 0 aliphatic carbocycles. The zero-order valence-corrected chi connectivity index (χ0v) is 11.8. The quantitative estimate of drug-likeness (QED) is 0.786. The fraction of sp³-hybridized carbons (Fsp3) is 0.385. The molecule has 1 aromatic carbocycles. The molecule has 0 saturated heterocycles. The Labute approximate surface area is 113 Å². The lowest BCUT2D eigenvalue weighted by Gasteiger charge is -2.25. The molecule has 1 amide bonds. The number of nitrogens with zero attached hydrogens (tertiary/aromatic N) is 1.